The smallest absolute Gasteiger partial charge is 0.276 e. The lowest BCUT2D eigenvalue weighted by atomic mass is 10.2. The van der Waals surface area contributed by atoms with Crippen LogP contribution in [0, 0.1) is 5.82 Å². The largest absolute Gasteiger partial charge is 0.566 e. The number of nitrogens with zero attached hydrogens (tertiary/aromatic N) is 2. The van der Waals surface area contributed by atoms with Crippen molar-refractivity contribution >= 4 is 51.8 Å². The van der Waals surface area contributed by atoms with Crippen molar-refractivity contribution in [3.05, 3.63) is 63.2 Å². The molecule has 1 atom stereocenters. The van der Waals surface area contributed by atoms with Crippen molar-refractivity contribution in [2.45, 2.75) is 0 Å². The molecule has 2 heterocycles. The predicted octanol–water partition coefficient (Wildman–Crippen LogP) is 3.38. The van der Waals surface area contributed by atoms with Crippen LogP contribution in [0.3, 0.4) is 0 Å². The van der Waals surface area contributed by atoms with Crippen LogP contribution in [0.1, 0.15) is 4.88 Å². The third-order valence-electron chi connectivity index (χ3n) is 3.21. The molecular weight excluding hydrogens is 373 g/mol. The summed E-state index contributed by atoms with van der Waals surface area (Å²) in [6.07, 6.45) is 1.56. The summed E-state index contributed by atoms with van der Waals surface area (Å²) in [5.74, 6) is -1.06. The third kappa shape index (κ3) is 3.46. The van der Waals surface area contributed by atoms with E-state index in [-0.39, 0.29) is 10.7 Å². The van der Waals surface area contributed by atoms with Gasteiger partial charge in [0.15, 0.2) is 5.70 Å². The van der Waals surface area contributed by atoms with Gasteiger partial charge in [0.25, 0.3) is 5.91 Å². The highest BCUT2D eigenvalue weighted by atomic mass is 35.5. The highest BCUT2D eigenvalue weighted by Crippen LogP contribution is 2.24. The number of thiophene rings is 1. The monoisotopic (exact) mass is 383 g/mol. The summed E-state index contributed by atoms with van der Waals surface area (Å²) < 4.78 is 30.7. The maximum absolute atomic E-state index is 13.2. The molecule has 2 aromatic rings. The van der Waals surface area contributed by atoms with Gasteiger partial charge in [-0.05, 0) is 34.0 Å². The van der Waals surface area contributed by atoms with E-state index in [2.05, 4.69) is 9.71 Å². The Morgan fingerprint density at radius 1 is 1.46 bits per heavy atom. The van der Waals surface area contributed by atoms with Crippen molar-refractivity contribution in [3.8, 4) is 0 Å². The minimum absolute atomic E-state index is 0.0943. The molecule has 0 aliphatic carbocycles. The van der Waals surface area contributed by atoms with Gasteiger partial charge in [-0.3, -0.25) is 4.79 Å². The van der Waals surface area contributed by atoms with Crippen LogP contribution in [-0.2, 0) is 16.3 Å². The number of carbonyl (C=O) groups excluding carboxylic acids is 1. The third-order valence-corrected chi connectivity index (χ3v) is 5.41. The van der Waals surface area contributed by atoms with Gasteiger partial charge in [-0.25, -0.2) is 4.39 Å². The molecule has 0 fully saturated rings. The van der Waals surface area contributed by atoms with Gasteiger partial charge < -0.3 is 9.87 Å². The fourth-order valence-corrected chi connectivity index (χ4v) is 3.66. The number of carbonyl (C=O) groups is 1. The fourth-order valence-electron chi connectivity index (χ4n) is 1.99. The van der Waals surface area contributed by atoms with Gasteiger partial charge in [0.1, 0.15) is 11.5 Å². The first-order valence-electron chi connectivity index (χ1n) is 6.72. The summed E-state index contributed by atoms with van der Waals surface area (Å²) in [4.78, 5) is 13.3. The number of halogens is 2. The molecule has 24 heavy (non-hydrogen) atoms. The maximum atomic E-state index is 13.2. The number of allylic oxidation sites excluding steroid dienone is 1. The summed E-state index contributed by atoms with van der Waals surface area (Å²) >= 11 is 5.44. The predicted molar refractivity (Wildman–Crippen MR) is 94.9 cm³/mol. The zero-order valence-electron chi connectivity index (χ0n) is 12.3. The molecular formula is C15H11ClFN3O2S2. The lowest BCUT2D eigenvalue weighted by molar-refractivity contribution is -0.113. The number of amides is 1. The van der Waals surface area contributed by atoms with Crippen molar-refractivity contribution in [2.75, 3.05) is 12.4 Å². The maximum Gasteiger partial charge on any atom is 0.276 e. The van der Waals surface area contributed by atoms with E-state index in [1.807, 2.05) is 17.5 Å². The molecule has 1 aliphatic rings. The first-order chi connectivity index (χ1) is 11.5. The molecule has 1 aliphatic heterocycles. The van der Waals surface area contributed by atoms with Crippen molar-refractivity contribution in [3.63, 3.8) is 0 Å². The number of benzene rings is 1. The Labute approximate surface area is 149 Å². The second-order valence-corrected chi connectivity index (χ2v) is 7.34. The zero-order chi connectivity index (χ0) is 17.3. The van der Waals surface area contributed by atoms with E-state index in [1.54, 1.807) is 6.08 Å². The van der Waals surface area contributed by atoms with E-state index in [0.717, 1.165) is 10.9 Å². The van der Waals surface area contributed by atoms with E-state index < -0.39 is 23.3 Å². The molecule has 0 saturated carbocycles. The molecule has 9 heteroatoms. The van der Waals surface area contributed by atoms with Gasteiger partial charge in [-0.1, -0.05) is 17.7 Å². The molecule has 1 aromatic heterocycles. The van der Waals surface area contributed by atoms with Crippen LogP contribution in [0.4, 0.5) is 10.1 Å². The molecule has 1 N–H and O–H groups in total. The van der Waals surface area contributed by atoms with Gasteiger partial charge in [0.05, 0.1) is 16.9 Å². The fraction of sp³-hybridized carbons (Fsp3) is 0.0667. The highest BCUT2D eigenvalue weighted by Gasteiger charge is 2.30. The van der Waals surface area contributed by atoms with Crippen LogP contribution in [0.25, 0.3) is 0 Å². The Morgan fingerprint density at radius 2 is 2.25 bits per heavy atom. The van der Waals surface area contributed by atoms with Crippen LogP contribution in [-0.4, -0.2) is 27.5 Å². The number of rotatable bonds is 3. The van der Waals surface area contributed by atoms with Crippen LogP contribution >= 0.6 is 22.9 Å². The standard InChI is InChI=1S/C15H11ClFN3O2S2/c1-20-13(8-12(19-24(20)22)14-3-2-6-23-14)15(21)18-9-4-5-11(17)10(16)7-9/h2-8H,1H3,(H,18,21). The van der Waals surface area contributed by atoms with E-state index in [9.17, 15) is 13.7 Å². The second-order valence-electron chi connectivity index (χ2n) is 4.79. The van der Waals surface area contributed by atoms with Crippen molar-refractivity contribution in [1.29, 1.82) is 0 Å². The van der Waals surface area contributed by atoms with Gasteiger partial charge >= 0.3 is 0 Å². The number of hydrogen-bond acceptors (Lipinski definition) is 5. The Balaban J connectivity index is 1.87. The second kappa shape index (κ2) is 6.94. The summed E-state index contributed by atoms with van der Waals surface area (Å²) in [7, 11) is 1.51. The number of hydrogen-bond donors (Lipinski definition) is 1. The average molecular weight is 384 g/mol. The molecule has 1 unspecified atom stereocenters. The van der Waals surface area contributed by atoms with E-state index in [1.165, 1.54) is 34.8 Å². The summed E-state index contributed by atoms with van der Waals surface area (Å²) in [6, 6.07) is 7.54. The molecule has 3 rings (SSSR count). The normalized spacial score (nSPS) is 17.3. The molecule has 0 radical (unpaired) electrons. The molecule has 124 valence electrons. The number of nitrogens with one attached hydrogen (secondary N) is 1. The molecule has 5 nitrogen and oxygen atoms in total. The molecule has 0 saturated heterocycles. The molecule has 0 bridgehead atoms. The van der Waals surface area contributed by atoms with E-state index >= 15 is 0 Å². The first kappa shape index (κ1) is 17.0. The topological polar surface area (TPSA) is 67.8 Å². The minimum atomic E-state index is -1.70. The van der Waals surface area contributed by atoms with Crippen LogP contribution in [0.2, 0.25) is 5.02 Å². The molecule has 1 amide bonds. The lowest BCUT2D eigenvalue weighted by Gasteiger charge is -2.23. The number of likely N-dealkylation sites (N-methyl/N-ethyl adjacent to an activating group) is 1. The van der Waals surface area contributed by atoms with Crippen LogP contribution < -0.4 is 5.32 Å². The quantitative estimate of drug-likeness (QED) is 0.826. The van der Waals surface area contributed by atoms with Crippen LogP contribution in [0.15, 0.2) is 51.9 Å². The van der Waals surface area contributed by atoms with Crippen molar-refractivity contribution in [1.82, 2.24) is 4.31 Å². The summed E-state index contributed by atoms with van der Waals surface area (Å²) in [5, 5.41) is 4.38. The summed E-state index contributed by atoms with van der Waals surface area (Å²) in [6.45, 7) is 0. The Hall–Kier alpha value is -1.87. The zero-order valence-corrected chi connectivity index (χ0v) is 14.7. The van der Waals surface area contributed by atoms with Crippen molar-refractivity contribution in [2.24, 2.45) is 4.40 Å². The van der Waals surface area contributed by atoms with Gasteiger partial charge in [-0.2, -0.15) is 4.31 Å². The van der Waals surface area contributed by atoms with E-state index in [0.29, 0.717) is 11.4 Å². The van der Waals surface area contributed by atoms with Gasteiger partial charge in [-0.15, -0.1) is 11.3 Å². The van der Waals surface area contributed by atoms with Gasteiger partial charge in [0, 0.05) is 11.8 Å². The molecule has 0 spiro atoms. The van der Waals surface area contributed by atoms with Crippen molar-refractivity contribution < 1.29 is 13.7 Å². The first-order valence-corrected chi connectivity index (χ1v) is 9.04. The van der Waals surface area contributed by atoms with E-state index in [4.69, 9.17) is 11.6 Å². The SMILES string of the molecule is CN1C(C(=O)Nc2ccc(F)c(Cl)c2)=CC(c2cccs2)=N[S+]1[O-]. The number of anilines is 1. The van der Waals surface area contributed by atoms with Gasteiger partial charge in [0.2, 0.25) is 11.5 Å². The molecule has 1 aromatic carbocycles. The Kier molecular flexibility index (Phi) is 4.91. The average Bonchev–Trinajstić information content (AvgIpc) is 3.08. The lowest BCUT2D eigenvalue weighted by Crippen LogP contribution is -2.35. The summed E-state index contributed by atoms with van der Waals surface area (Å²) in [5.41, 5.74) is 1.00. The Bertz CT molecular complexity index is 839. The highest BCUT2D eigenvalue weighted by molar-refractivity contribution is 7.88. The Morgan fingerprint density at radius 3 is 2.92 bits per heavy atom. The van der Waals surface area contributed by atoms with Crippen LogP contribution in [0.5, 0.6) is 0 Å². The minimum Gasteiger partial charge on any atom is -0.566 e.